The molecule has 1 saturated carbocycles. The van der Waals surface area contributed by atoms with Crippen molar-refractivity contribution < 1.29 is 9.84 Å². The minimum Gasteiger partial charge on any atom is -0.389 e. The molecule has 122 valence electrons. The van der Waals surface area contributed by atoms with E-state index < -0.39 is 5.60 Å². The van der Waals surface area contributed by atoms with Crippen molar-refractivity contribution in [3.63, 3.8) is 0 Å². The SMILES string of the molecule is C[C@@H]1CN(CCOCc2ccccc2)CC[C@@]1(O)C1CCC1. The number of rotatable bonds is 6. The van der Waals surface area contributed by atoms with Crippen LogP contribution in [0.15, 0.2) is 30.3 Å². The van der Waals surface area contributed by atoms with Crippen LogP contribution in [0.25, 0.3) is 0 Å². The van der Waals surface area contributed by atoms with Crippen molar-refractivity contribution >= 4 is 0 Å². The van der Waals surface area contributed by atoms with Gasteiger partial charge in [-0.05, 0) is 36.7 Å². The van der Waals surface area contributed by atoms with Crippen LogP contribution in [0.4, 0.5) is 0 Å². The number of aliphatic hydroxyl groups is 1. The van der Waals surface area contributed by atoms with E-state index in [1.165, 1.54) is 24.8 Å². The van der Waals surface area contributed by atoms with Gasteiger partial charge in [0.1, 0.15) is 0 Å². The highest BCUT2D eigenvalue weighted by atomic mass is 16.5. The first kappa shape index (κ1) is 16.0. The number of benzene rings is 1. The zero-order valence-corrected chi connectivity index (χ0v) is 13.7. The molecule has 22 heavy (non-hydrogen) atoms. The van der Waals surface area contributed by atoms with Gasteiger partial charge in [-0.15, -0.1) is 0 Å². The van der Waals surface area contributed by atoms with Gasteiger partial charge in [0.05, 0.1) is 18.8 Å². The van der Waals surface area contributed by atoms with E-state index in [4.69, 9.17) is 4.74 Å². The quantitative estimate of drug-likeness (QED) is 0.820. The Kier molecular flexibility index (Phi) is 5.17. The van der Waals surface area contributed by atoms with Crippen molar-refractivity contribution in [1.29, 1.82) is 0 Å². The molecular formula is C19H29NO2. The minimum atomic E-state index is -0.403. The van der Waals surface area contributed by atoms with Gasteiger partial charge < -0.3 is 14.7 Å². The molecule has 1 aromatic carbocycles. The van der Waals surface area contributed by atoms with E-state index in [0.717, 1.165) is 32.7 Å². The number of piperidine rings is 1. The highest BCUT2D eigenvalue weighted by molar-refractivity contribution is 5.13. The predicted molar refractivity (Wildman–Crippen MR) is 88.6 cm³/mol. The molecule has 0 aromatic heterocycles. The molecule has 2 aliphatic rings. The van der Waals surface area contributed by atoms with Gasteiger partial charge in [0.15, 0.2) is 0 Å². The molecular weight excluding hydrogens is 274 g/mol. The van der Waals surface area contributed by atoms with E-state index in [2.05, 4.69) is 24.0 Å². The molecule has 1 saturated heterocycles. The van der Waals surface area contributed by atoms with E-state index in [-0.39, 0.29) is 0 Å². The highest BCUT2D eigenvalue weighted by Gasteiger charge is 2.46. The Labute approximate surface area is 134 Å². The van der Waals surface area contributed by atoms with Crippen molar-refractivity contribution in [1.82, 2.24) is 4.90 Å². The summed E-state index contributed by atoms with van der Waals surface area (Å²) in [5.74, 6) is 0.930. The molecule has 2 fully saturated rings. The van der Waals surface area contributed by atoms with Crippen molar-refractivity contribution in [2.24, 2.45) is 11.8 Å². The maximum atomic E-state index is 10.9. The molecule has 3 heteroatoms. The molecule has 3 nitrogen and oxygen atoms in total. The van der Waals surface area contributed by atoms with E-state index in [0.29, 0.717) is 18.4 Å². The monoisotopic (exact) mass is 303 g/mol. The normalized spacial score (nSPS) is 30.2. The summed E-state index contributed by atoms with van der Waals surface area (Å²) in [4.78, 5) is 2.45. The summed E-state index contributed by atoms with van der Waals surface area (Å²) in [6, 6.07) is 10.3. The highest BCUT2D eigenvalue weighted by Crippen LogP contribution is 2.44. The first-order valence-electron chi connectivity index (χ1n) is 8.75. The fourth-order valence-corrected chi connectivity index (χ4v) is 3.90. The van der Waals surface area contributed by atoms with Crippen LogP contribution in [0, 0.1) is 11.8 Å². The average Bonchev–Trinajstić information content (AvgIpc) is 2.47. The molecule has 1 heterocycles. The van der Waals surface area contributed by atoms with Crippen LogP contribution < -0.4 is 0 Å². The molecule has 0 amide bonds. The Balaban J connectivity index is 1.38. The Hall–Kier alpha value is -0.900. The third-order valence-corrected chi connectivity index (χ3v) is 5.69. The first-order valence-corrected chi connectivity index (χ1v) is 8.75. The van der Waals surface area contributed by atoms with Crippen molar-refractivity contribution in [3.8, 4) is 0 Å². The maximum absolute atomic E-state index is 10.9. The van der Waals surface area contributed by atoms with E-state index in [9.17, 15) is 5.11 Å². The summed E-state index contributed by atoms with van der Waals surface area (Å²) in [5.41, 5.74) is 0.827. The predicted octanol–water partition coefficient (Wildman–Crippen LogP) is 3.08. The summed E-state index contributed by atoms with van der Waals surface area (Å²) < 4.78 is 5.79. The molecule has 3 rings (SSSR count). The van der Waals surface area contributed by atoms with E-state index in [1.807, 2.05) is 18.2 Å². The number of hydrogen-bond acceptors (Lipinski definition) is 3. The summed E-state index contributed by atoms with van der Waals surface area (Å²) in [6.45, 7) is 6.65. The van der Waals surface area contributed by atoms with Crippen LogP contribution in [0.5, 0.6) is 0 Å². The number of likely N-dealkylation sites (tertiary alicyclic amines) is 1. The molecule has 0 unspecified atom stereocenters. The zero-order chi connectivity index (χ0) is 15.4. The molecule has 1 aliphatic heterocycles. The van der Waals surface area contributed by atoms with Crippen LogP contribution in [0.2, 0.25) is 0 Å². The Morgan fingerprint density at radius 1 is 1.27 bits per heavy atom. The smallest absolute Gasteiger partial charge is 0.0725 e. The lowest BCUT2D eigenvalue weighted by atomic mass is 9.65. The number of hydrogen-bond donors (Lipinski definition) is 1. The third kappa shape index (κ3) is 3.53. The summed E-state index contributed by atoms with van der Waals surface area (Å²) >= 11 is 0. The molecule has 0 radical (unpaired) electrons. The van der Waals surface area contributed by atoms with E-state index >= 15 is 0 Å². The molecule has 0 spiro atoms. The van der Waals surface area contributed by atoms with Crippen LogP contribution in [0.1, 0.15) is 38.2 Å². The number of ether oxygens (including phenoxy) is 1. The first-order chi connectivity index (χ1) is 10.7. The van der Waals surface area contributed by atoms with Crippen molar-refractivity contribution in [3.05, 3.63) is 35.9 Å². The summed E-state index contributed by atoms with van der Waals surface area (Å²) in [7, 11) is 0. The molecule has 0 bridgehead atoms. The second-order valence-corrected chi connectivity index (χ2v) is 7.11. The van der Waals surface area contributed by atoms with Gasteiger partial charge in [0.2, 0.25) is 0 Å². The topological polar surface area (TPSA) is 32.7 Å². The molecule has 1 N–H and O–H groups in total. The van der Waals surface area contributed by atoms with Crippen molar-refractivity contribution in [2.75, 3.05) is 26.2 Å². The largest absolute Gasteiger partial charge is 0.389 e. The fourth-order valence-electron chi connectivity index (χ4n) is 3.90. The van der Waals surface area contributed by atoms with Crippen LogP contribution >= 0.6 is 0 Å². The van der Waals surface area contributed by atoms with Gasteiger partial charge in [-0.1, -0.05) is 43.7 Å². The summed E-state index contributed by atoms with van der Waals surface area (Å²) in [6.07, 6.45) is 4.68. The van der Waals surface area contributed by atoms with Crippen LogP contribution in [-0.2, 0) is 11.3 Å². The Bertz CT molecular complexity index is 460. The molecule has 1 aromatic rings. The van der Waals surface area contributed by atoms with Crippen molar-refractivity contribution in [2.45, 2.75) is 44.8 Å². The lowest BCUT2D eigenvalue weighted by molar-refractivity contribution is -0.129. The van der Waals surface area contributed by atoms with Gasteiger partial charge in [0.25, 0.3) is 0 Å². The second kappa shape index (κ2) is 7.12. The van der Waals surface area contributed by atoms with E-state index in [1.54, 1.807) is 0 Å². The fraction of sp³-hybridized carbons (Fsp3) is 0.684. The maximum Gasteiger partial charge on any atom is 0.0725 e. The van der Waals surface area contributed by atoms with Gasteiger partial charge >= 0.3 is 0 Å². The van der Waals surface area contributed by atoms with Gasteiger partial charge in [-0.25, -0.2) is 0 Å². The zero-order valence-electron chi connectivity index (χ0n) is 13.7. The van der Waals surface area contributed by atoms with Crippen LogP contribution in [0.3, 0.4) is 0 Å². The number of nitrogens with zero attached hydrogens (tertiary/aromatic N) is 1. The lowest BCUT2D eigenvalue weighted by Crippen LogP contribution is -2.56. The lowest BCUT2D eigenvalue weighted by Gasteiger charge is -2.50. The minimum absolute atomic E-state index is 0.376. The average molecular weight is 303 g/mol. The summed E-state index contributed by atoms with van der Waals surface area (Å²) in [5, 5.41) is 10.9. The second-order valence-electron chi connectivity index (χ2n) is 7.11. The Morgan fingerprint density at radius 2 is 2.05 bits per heavy atom. The van der Waals surface area contributed by atoms with Gasteiger partial charge in [-0.3, -0.25) is 0 Å². The third-order valence-electron chi connectivity index (χ3n) is 5.69. The van der Waals surface area contributed by atoms with Gasteiger partial charge in [-0.2, -0.15) is 0 Å². The molecule has 1 aliphatic carbocycles. The van der Waals surface area contributed by atoms with Gasteiger partial charge in [0, 0.05) is 19.6 Å². The molecule has 2 atom stereocenters. The standard InChI is InChI=1S/C19H29NO2/c1-16-14-20(11-10-19(16,21)18-8-5-9-18)12-13-22-15-17-6-3-2-4-7-17/h2-4,6-7,16,18,21H,5,8-15H2,1H3/t16-,19+/m1/s1. The van der Waals surface area contributed by atoms with Crippen LogP contribution in [-0.4, -0.2) is 41.8 Å². The Morgan fingerprint density at radius 3 is 2.68 bits per heavy atom.